The molecule has 2 rings (SSSR count). The van der Waals surface area contributed by atoms with E-state index in [-0.39, 0.29) is 0 Å². The number of nitrogens with zero attached hydrogens (tertiary/aromatic N) is 4. The maximum atomic E-state index is 8.93. The van der Waals surface area contributed by atoms with Gasteiger partial charge in [0.15, 0.2) is 0 Å². The summed E-state index contributed by atoms with van der Waals surface area (Å²) in [5.74, 6) is 0.387. The first kappa shape index (κ1) is 12.1. The zero-order chi connectivity index (χ0) is 12.3. The van der Waals surface area contributed by atoms with Gasteiger partial charge in [0.25, 0.3) is 0 Å². The molecule has 17 heavy (non-hydrogen) atoms. The molecule has 1 aliphatic rings. The molecule has 1 saturated heterocycles. The van der Waals surface area contributed by atoms with Crippen molar-refractivity contribution >= 4 is 5.71 Å². The van der Waals surface area contributed by atoms with E-state index in [9.17, 15) is 0 Å². The van der Waals surface area contributed by atoms with Gasteiger partial charge in [-0.15, -0.1) is 0 Å². The van der Waals surface area contributed by atoms with Crippen molar-refractivity contribution in [2.24, 2.45) is 18.1 Å². The molecule has 5 nitrogen and oxygen atoms in total. The molecule has 0 radical (unpaired) electrons. The van der Waals surface area contributed by atoms with Crippen LogP contribution in [0.15, 0.2) is 17.4 Å². The molecule has 1 fully saturated rings. The Balaban J connectivity index is 1.96. The fourth-order valence-electron chi connectivity index (χ4n) is 2.40. The van der Waals surface area contributed by atoms with E-state index >= 15 is 0 Å². The zero-order valence-electron chi connectivity index (χ0n) is 10.5. The van der Waals surface area contributed by atoms with E-state index in [4.69, 9.17) is 5.21 Å². The molecular weight excluding hydrogens is 216 g/mol. The Labute approximate surface area is 102 Å². The Morgan fingerprint density at radius 3 is 3.00 bits per heavy atom. The average Bonchev–Trinajstić information content (AvgIpc) is 2.74. The predicted molar refractivity (Wildman–Crippen MR) is 66.1 cm³/mol. The number of oxime groups is 1. The van der Waals surface area contributed by atoms with Crippen molar-refractivity contribution in [1.29, 1.82) is 0 Å². The molecule has 1 unspecified atom stereocenters. The van der Waals surface area contributed by atoms with Gasteiger partial charge in [-0.2, -0.15) is 5.10 Å². The topological polar surface area (TPSA) is 53.7 Å². The summed E-state index contributed by atoms with van der Waals surface area (Å²) in [4.78, 5) is 2.38. The van der Waals surface area contributed by atoms with Gasteiger partial charge >= 0.3 is 0 Å². The highest BCUT2D eigenvalue weighted by molar-refractivity contribution is 5.87. The van der Waals surface area contributed by atoms with Gasteiger partial charge in [0.1, 0.15) is 0 Å². The smallest absolute Gasteiger partial charge is 0.0764 e. The van der Waals surface area contributed by atoms with Gasteiger partial charge in [-0.1, -0.05) is 12.1 Å². The second-order valence-corrected chi connectivity index (χ2v) is 4.66. The van der Waals surface area contributed by atoms with E-state index in [0.29, 0.717) is 5.92 Å². The number of aromatic nitrogens is 2. The number of hydrogen-bond donors (Lipinski definition) is 1. The average molecular weight is 236 g/mol. The molecule has 0 spiro atoms. The predicted octanol–water partition coefficient (Wildman–Crippen LogP) is 1.48. The van der Waals surface area contributed by atoms with Crippen LogP contribution in [-0.2, 0) is 13.6 Å². The second-order valence-electron chi connectivity index (χ2n) is 4.66. The first-order valence-corrected chi connectivity index (χ1v) is 6.14. The fourth-order valence-corrected chi connectivity index (χ4v) is 2.40. The molecule has 94 valence electrons. The van der Waals surface area contributed by atoms with Crippen molar-refractivity contribution in [1.82, 2.24) is 14.7 Å². The highest BCUT2D eigenvalue weighted by Gasteiger charge is 2.24. The van der Waals surface area contributed by atoms with E-state index in [0.717, 1.165) is 43.9 Å². The molecule has 1 atom stereocenters. The van der Waals surface area contributed by atoms with Gasteiger partial charge in [-0.05, 0) is 12.5 Å². The normalized spacial score (nSPS) is 24.4. The lowest BCUT2D eigenvalue weighted by molar-refractivity contribution is 0.218. The van der Waals surface area contributed by atoms with E-state index in [1.807, 2.05) is 17.9 Å². The number of hydrogen-bond acceptors (Lipinski definition) is 4. The number of likely N-dealkylation sites (tertiary alicyclic amines) is 1. The van der Waals surface area contributed by atoms with Gasteiger partial charge < -0.3 is 5.21 Å². The molecule has 1 aromatic heterocycles. The van der Waals surface area contributed by atoms with Crippen LogP contribution < -0.4 is 0 Å². The standard InChI is InChI=1S/C12H20N4O/c1-3-10-8-16(7-5-12(10)14-17)9-11-4-6-15(2)13-11/h4,6,10,17H,3,5,7-9H2,1-2H3/b14-12+. The van der Waals surface area contributed by atoms with Crippen LogP contribution in [0.5, 0.6) is 0 Å². The van der Waals surface area contributed by atoms with Gasteiger partial charge in [0.2, 0.25) is 0 Å². The summed E-state index contributed by atoms with van der Waals surface area (Å²) in [5.41, 5.74) is 2.05. The van der Waals surface area contributed by atoms with Gasteiger partial charge in [-0.25, -0.2) is 0 Å². The summed E-state index contributed by atoms with van der Waals surface area (Å²) < 4.78 is 1.83. The zero-order valence-corrected chi connectivity index (χ0v) is 10.5. The highest BCUT2D eigenvalue weighted by atomic mass is 16.4. The molecule has 2 heterocycles. The Morgan fingerprint density at radius 1 is 1.59 bits per heavy atom. The summed E-state index contributed by atoms with van der Waals surface area (Å²) in [6, 6.07) is 2.05. The summed E-state index contributed by atoms with van der Waals surface area (Å²) in [6.07, 6.45) is 3.86. The number of piperidine rings is 1. The van der Waals surface area contributed by atoms with Crippen LogP contribution in [0.25, 0.3) is 0 Å². The van der Waals surface area contributed by atoms with E-state index < -0.39 is 0 Å². The summed E-state index contributed by atoms with van der Waals surface area (Å²) in [7, 11) is 1.94. The van der Waals surface area contributed by atoms with Crippen LogP contribution in [0.4, 0.5) is 0 Å². The lowest BCUT2D eigenvalue weighted by atomic mass is 9.93. The quantitative estimate of drug-likeness (QED) is 0.639. The minimum atomic E-state index is 0.387. The van der Waals surface area contributed by atoms with E-state index in [1.165, 1.54) is 0 Å². The van der Waals surface area contributed by atoms with E-state index in [1.54, 1.807) is 0 Å². The summed E-state index contributed by atoms with van der Waals surface area (Å²) in [5, 5.41) is 16.7. The van der Waals surface area contributed by atoms with Crippen LogP contribution >= 0.6 is 0 Å². The molecule has 0 aromatic carbocycles. The van der Waals surface area contributed by atoms with Crippen molar-refractivity contribution in [3.05, 3.63) is 18.0 Å². The first-order chi connectivity index (χ1) is 8.22. The van der Waals surface area contributed by atoms with Gasteiger partial charge in [-0.3, -0.25) is 9.58 Å². The van der Waals surface area contributed by atoms with Crippen molar-refractivity contribution < 1.29 is 5.21 Å². The van der Waals surface area contributed by atoms with Crippen LogP contribution in [-0.4, -0.2) is 38.7 Å². The van der Waals surface area contributed by atoms with E-state index in [2.05, 4.69) is 28.1 Å². The van der Waals surface area contributed by atoms with Crippen LogP contribution in [0, 0.1) is 5.92 Å². The second kappa shape index (κ2) is 5.31. The van der Waals surface area contributed by atoms with Crippen molar-refractivity contribution in [3.63, 3.8) is 0 Å². The summed E-state index contributed by atoms with van der Waals surface area (Å²) in [6.45, 7) is 4.94. The molecule has 1 aliphatic heterocycles. The highest BCUT2D eigenvalue weighted by Crippen LogP contribution is 2.18. The first-order valence-electron chi connectivity index (χ1n) is 6.14. The van der Waals surface area contributed by atoms with Gasteiger partial charge in [0, 0.05) is 45.2 Å². The Kier molecular flexibility index (Phi) is 3.78. The van der Waals surface area contributed by atoms with Crippen LogP contribution in [0.2, 0.25) is 0 Å². The minimum absolute atomic E-state index is 0.387. The molecule has 5 heteroatoms. The summed E-state index contributed by atoms with van der Waals surface area (Å²) >= 11 is 0. The Morgan fingerprint density at radius 2 is 2.41 bits per heavy atom. The van der Waals surface area contributed by atoms with Crippen molar-refractivity contribution in [2.75, 3.05) is 13.1 Å². The third-order valence-corrected chi connectivity index (χ3v) is 3.41. The largest absolute Gasteiger partial charge is 0.411 e. The molecule has 1 aromatic rings. The third-order valence-electron chi connectivity index (χ3n) is 3.41. The third kappa shape index (κ3) is 2.85. The molecule has 0 amide bonds. The lowest BCUT2D eigenvalue weighted by Crippen LogP contribution is -2.40. The maximum absolute atomic E-state index is 8.93. The number of rotatable bonds is 3. The number of aryl methyl sites for hydroxylation is 1. The SMILES string of the molecule is CCC1CN(Cc2ccn(C)n2)CC/C1=N\O. The molecule has 1 N–H and O–H groups in total. The molecule has 0 bridgehead atoms. The molecule has 0 saturated carbocycles. The Hall–Kier alpha value is -1.36. The minimum Gasteiger partial charge on any atom is -0.411 e. The fraction of sp³-hybridized carbons (Fsp3) is 0.667. The maximum Gasteiger partial charge on any atom is 0.0764 e. The monoisotopic (exact) mass is 236 g/mol. The van der Waals surface area contributed by atoms with Crippen LogP contribution in [0.1, 0.15) is 25.5 Å². The van der Waals surface area contributed by atoms with Gasteiger partial charge in [0.05, 0.1) is 11.4 Å². The van der Waals surface area contributed by atoms with Crippen molar-refractivity contribution in [2.45, 2.75) is 26.3 Å². The molecular formula is C12H20N4O. The lowest BCUT2D eigenvalue weighted by Gasteiger charge is -2.32. The van der Waals surface area contributed by atoms with Crippen LogP contribution in [0.3, 0.4) is 0 Å². The Bertz CT molecular complexity index is 399. The molecule has 0 aliphatic carbocycles. The van der Waals surface area contributed by atoms with Crippen molar-refractivity contribution in [3.8, 4) is 0 Å².